The van der Waals surface area contributed by atoms with Crippen molar-refractivity contribution >= 4 is 23.2 Å². The van der Waals surface area contributed by atoms with Crippen LogP contribution < -0.4 is 10.6 Å². The van der Waals surface area contributed by atoms with Crippen LogP contribution in [-0.2, 0) is 16.6 Å². The van der Waals surface area contributed by atoms with Crippen molar-refractivity contribution < 1.29 is 4.79 Å². The van der Waals surface area contributed by atoms with E-state index in [1.807, 2.05) is 0 Å². The second-order valence-electron chi connectivity index (χ2n) is 8.84. The maximum atomic E-state index is 11.7. The van der Waals surface area contributed by atoms with E-state index in [0.717, 1.165) is 68.6 Å². The third kappa shape index (κ3) is 5.00. The van der Waals surface area contributed by atoms with Gasteiger partial charge in [-0.3, -0.25) is 9.79 Å². The molecular formula is C20H33N5OS. The zero-order valence-electron chi connectivity index (χ0n) is 17.1. The highest BCUT2D eigenvalue weighted by molar-refractivity contribution is 7.09. The SMILES string of the molecule is CCNC(=NCCc1nc(C(C)(C)C)cs1)N1CCCC2(CNC(=O)C2)C1. The quantitative estimate of drug-likeness (QED) is 0.611. The predicted molar refractivity (Wildman–Crippen MR) is 111 cm³/mol. The van der Waals surface area contributed by atoms with Crippen molar-refractivity contribution in [1.82, 2.24) is 20.5 Å². The van der Waals surface area contributed by atoms with Gasteiger partial charge in [0.1, 0.15) is 0 Å². The topological polar surface area (TPSA) is 69.6 Å². The Morgan fingerprint density at radius 2 is 2.30 bits per heavy atom. The van der Waals surface area contributed by atoms with Crippen LogP contribution >= 0.6 is 11.3 Å². The minimum absolute atomic E-state index is 0.0858. The van der Waals surface area contributed by atoms with E-state index >= 15 is 0 Å². The van der Waals surface area contributed by atoms with Gasteiger partial charge in [0.05, 0.1) is 10.7 Å². The summed E-state index contributed by atoms with van der Waals surface area (Å²) in [7, 11) is 0. The molecule has 2 aliphatic heterocycles. The molecule has 6 nitrogen and oxygen atoms in total. The fourth-order valence-corrected chi connectivity index (χ4v) is 4.90. The van der Waals surface area contributed by atoms with E-state index in [-0.39, 0.29) is 16.7 Å². The number of nitrogens with one attached hydrogen (secondary N) is 2. The molecule has 27 heavy (non-hydrogen) atoms. The van der Waals surface area contributed by atoms with Crippen LogP contribution in [-0.4, -0.2) is 54.5 Å². The van der Waals surface area contributed by atoms with Gasteiger partial charge in [0.15, 0.2) is 5.96 Å². The van der Waals surface area contributed by atoms with Crippen molar-refractivity contribution in [2.24, 2.45) is 10.4 Å². The van der Waals surface area contributed by atoms with Crippen molar-refractivity contribution in [1.29, 1.82) is 0 Å². The second kappa shape index (κ2) is 8.17. The summed E-state index contributed by atoms with van der Waals surface area (Å²) in [6.45, 7) is 13.0. The lowest BCUT2D eigenvalue weighted by molar-refractivity contribution is -0.119. The van der Waals surface area contributed by atoms with Gasteiger partial charge < -0.3 is 15.5 Å². The Kier molecular flexibility index (Phi) is 6.08. The summed E-state index contributed by atoms with van der Waals surface area (Å²) < 4.78 is 0. The minimum atomic E-state index is 0.0858. The van der Waals surface area contributed by atoms with Gasteiger partial charge in [0.25, 0.3) is 0 Å². The van der Waals surface area contributed by atoms with E-state index in [1.165, 1.54) is 0 Å². The van der Waals surface area contributed by atoms with Gasteiger partial charge in [-0.05, 0) is 19.8 Å². The molecule has 2 N–H and O–H groups in total. The van der Waals surface area contributed by atoms with E-state index in [4.69, 9.17) is 9.98 Å². The number of nitrogens with zero attached hydrogens (tertiary/aromatic N) is 3. The van der Waals surface area contributed by atoms with E-state index in [9.17, 15) is 4.79 Å². The van der Waals surface area contributed by atoms with Crippen molar-refractivity contribution in [3.63, 3.8) is 0 Å². The van der Waals surface area contributed by atoms with E-state index in [0.29, 0.717) is 6.42 Å². The maximum absolute atomic E-state index is 11.7. The van der Waals surface area contributed by atoms with Crippen LogP contribution in [0.4, 0.5) is 0 Å². The molecule has 1 amide bonds. The molecule has 1 atom stereocenters. The van der Waals surface area contributed by atoms with Gasteiger partial charge in [0, 0.05) is 61.8 Å². The van der Waals surface area contributed by atoms with Crippen LogP contribution in [0.2, 0.25) is 0 Å². The number of carbonyl (C=O) groups is 1. The van der Waals surface area contributed by atoms with E-state index in [2.05, 4.69) is 48.6 Å². The van der Waals surface area contributed by atoms with Crippen LogP contribution in [0.1, 0.15) is 57.7 Å². The van der Waals surface area contributed by atoms with E-state index < -0.39 is 0 Å². The predicted octanol–water partition coefficient (Wildman–Crippen LogP) is 2.55. The summed E-state index contributed by atoms with van der Waals surface area (Å²) in [6.07, 6.45) is 3.75. The number of likely N-dealkylation sites (tertiary alicyclic amines) is 1. The summed E-state index contributed by atoms with van der Waals surface area (Å²) in [5.74, 6) is 1.17. The van der Waals surface area contributed by atoms with Gasteiger partial charge in [0.2, 0.25) is 5.91 Å². The molecule has 0 bridgehead atoms. The van der Waals surface area contributed by atoms with Gasteiger partial charge >= 0.3 is 0 Å². The summed E-state index contributed by atoms with van der Waals surface area (Å²) in [5, 5.41) is 9.78. The van der Waals surface area contributed by atoms with E-state index in [1.54, 1.807) is 11.3 Å². The normalized spacial score (nSPS) is 23.8. The number of guanidine groups is 1. The molecule has 7 heteroatoms. The summed E-state index contributed by atoms with van der Waals surface area (Å²) >= 11 is 1.73. The lowest BCUT2D eigenvalue weighted by atomic mass is 9.79. The summed E-state index contributed by atoms with van der Waals surface area (Å²) in [6, 6.07) is 0. The molecule has 3 rings (SSSR count). The molecule has 150 valence electrons. The Hall–Kier alpha value is -1.63. The molecular weight excluding hydrogens is 358 g/mol. The molecule has 2 fully saturated rings. The number of piperidine rings is 1. The van der Waals surface area contributed by atoms with Crippen molar-refractivity contribution in [2.45, 2.75) is 58.8 Å². The molecule has 0 radical (unpaired) electrons. The lowest BCUT2D eigenvalue weighted by Gasteiger charge is -2.40. The highest BCUT2D eigenvalue weighted by atomic mass is 32.1. The Labute approximate surface area is 166 Å². The average Bonchev–Trinajstić information content (AvgIpc) is 3.21. The number of carbonyl (C=O) groups excluding carboxylic acids is 1. The lowest BCUT2D eigenvalue weighted by Crippen LogP contribution is -2.51. The molecule has 1 spiro atoms. The Morgan fingerprint density at radius 1 is 1.48 bits per heavy atom. The number of hydrogen-bond acceptors (Lipinski definition) is 4. The molecule has 1 aromatic heterocycles. The average molecular weight is 392 g/mol. The smallest absolute Gasteiger partial charge is 0.220 e. The molecule has 0 aromatic carbocycles. The first-order valence-electron chi connectivity index (χ1n) is 10.1. The molecule has 3 heterocycles. The van der Waals surface area contributed by atoms with Crippen LogP contribution in [0, 0.1) is 5.41 Å². The van der Waals surface area contributed by atoms with Crippen LogP contribution in [0.3, 0.4) is 0 Å². The summed E-state index contributed by atoms with van der Waals surface area (Å²) in [4.78, 5) is 23.7. The van der Waals surface area contributed by atoms with Gasteiger partial charge in [-0.25, -0.2) is 4.98 Å². The van der Waals surface area contributed by atoms with Gasteiger partial charge in [-0.2, -0.15) is 0 Å². The van der Waals surface area contributed by atoms with Crippen LogP contribution in [0.5, 0.6) is 0 Å². The zero-order chi connectivity index (χ0) is 19.5. The maximum Gasteiger partial charge on any atom is 0.220 e. The standard InChI is InChI=1S/C20H33N5OS/c1-5-21-18(22-9-7-17-24-15(12-27-17)19(2,3)4)25-10-6-8-20(14-25)11-16(26)23-13-20/h12H,5-11,13-14H2,1-4H3,(H,21,22)(H,23,26). The largest absolute Gasteiger partial charge is 0.357 e. The fraction of sp³-hybridized carbons (Fsp3) is 0.750. The third-order valence-electron chi connectivity index (χ3n) is 5.40. The van der Waals surface area contributed by atoms with Gasteiger partial charge in [-0.1, -0.05) is 20.8 Å². The molecule has 2 saturated heterocycles. The fourth-order valence-electron chi connectivity index (χ4n) is 3.88. The number of aromatic nitrogens is 1. The molecule has 1 unspecified atom stereocenters. The first-order valence-corrected chi connectivity index (χ1v) is 10.9. The zero-order valence-corrected chi connectivity index (χ0v) is 17.9. The van der Waals surface area contributed by atoms with Crippen LogP contribution in [0.25, 0.3) is 0 Å². The monoisotopic (exact) mass is 391 g/mol. The number of thiazole rings is 1. The van der Waals surface area contributed by atoms with Crippen molar-refractivity contribution in [3.8, 4) is 0 Å². The molecule has 2 aliphatic rings. The summed E-state index contributed by atoms with van der Waals surface area (Å²) in [5.41, 5.74) is 1.35. The highest BCUT2D eigenvalue weighted by Crippen LogP contribution is 2.36. The number of aliphatic imine (C=N–C) groups is 1. The van der Waals surface area contributed by atoms with Crippen molar-refractivity contribution in [3.05, 3.63) is 16.1 Å². The van der Waals surface area contributed by atoms with Crippen LogP contribution in [0.15, 0.2) is 10.4 Å². The third-order valence-corrected chi connectivity index (χ3v) is 6.31. The Morgan fingerprint density at radius 3 is 2.93 bits per heavy atom. The number of rotatable bonds is 4. The second-order valence-corrected chi connectivity index (χ2v) is 9.78. The van der Waals surface area contributed by atoms with Crippen molar-refractivity contribution in [2.75, 3.05) is 32.7 Å². The number of hydrogen-bond donors (Lipinski definition) is 2. The Balaban J connectivity index is 1.62. The number of amides is 1. The first kappa shape index (κ1) is 20.1. The first-order chi connectivity index (χ1) is 12.8. The van der Waals surface area contributed by atoms with Gasteiger partial charge in [-0.15, -0.1) is 11.3 Å². The molecule has 1 aromatic rings. The minimum Gasteiger partial charge on any atom is -0.357 e. The highest BCUT2D eigenvalue weighted by Gasteiger charge is 2.42. The molecule has 0 aliphatic carbocycles. The molecule has 0 saturated carbocycles. The Bertz CT molecular complexity index is 693.